The quantitative estimate of drug-likeness (QED) is 0.797. The van der Waals surface area contributed by atoms with Gasteiger partial charge in [0, 0.05) is 17.8 Å². The molecule has 4 nitrogen and oxygen atoms in total. The summed E-state index contributed by atoms with van der Waals surface area (Å²) >= 11 is 1.50. The lowest BCUT2D eigenvalue weighted by atomic mass is 10.1. The number of hydrogen-bond acceptors (Lipinski definition) is 3. The SMILES string of the molecule is CCCCC(=O)Nc1cccc([C@@H]2SCC(=O)N2c2cccc(F)c2)c1. The van der Waals surface area contributed by atoms with Crippen LogP contribution in [0.1, 0.15) is 37.1 Å². The molecule has 0 unspecified atom stereocenters. The maximum absolute atomic E-state index is 13.6. The number of rotatable bonds is 6. The lowest BCUT2D eigenvalue weighted by Gasteiger charge is -2.24. The summed E-state index contributed by atoms with van der Waals surface area (Å²) in [7, 11) is 0. The Labute approximate surface area is 156 Å². The van der Waals surface area contributed by atoms with Crippen molar-refractivity contribution in [3.8, 4) is 0 Å². The van der Waals surface area contributed by atoms with Crippen molar-refractivity contribution >= 4 is 35.0 Å². The third-order valence-corrected chi connectivity index (χ3v) is 5.38. The summed E-state index contributed by atoms with van der Waals surface area (Å²) < 4.78 is 13.6. The van der Waals surface area contributed by atoms with Crippen molar-refractivity contribution in [3.63, 3.8) is 0 Å². The predicted molar refractivity (Wildman–Crippen MR) is 104 cm³/mol. The summed E-state index contributed by atoms with van der Waals surface area (Å²) in [5.74, 6) is -0.0964. The van der Waals surface area contributed by atoms with Crippen LogP contribution in [-0.4, -0.2) is 17.6 Å². The molecule has 0 aromatic heterocycles. The first-order valence-corrected chi connectivity index (χ1v) is 9.72. The van der Waals surface area contributed by atoms with Crippen molar-refractivity contribution in [2.45, 2.75) is 31.6 Å². The Balaban J connectivity index is 1.82. The smallest absolute Gasteiger partial charge is 0.238 e. The minimum atomic E-state index is -0.372. The molecule has 1 aliphatic heterocycles. The first-order chi connectivity index (χ1) is 12.6. The zero-order chi connectivity index (χ0) is 18.5. The summed E-state index contributed by atoms with van der Waals surface area (Å²) in [4.78, 5) is 25.9. The van der Waals surface area contributed by atoms with Gasteiger partial charge in [0.15, 0.2) is 0 Å². The van der Waals surface area contributed by atoms with Gasteiger partial charge in [0.1, 0.15) is 11.2 Å². The van der Waals surface area contributed by atoms with Gasteiger partial charge in [-0.15, -0.1) is 11.8 Å². The van der Waals surface area contributed by atoms with Crippen LogP contribution in [0.2, 0.25) is 0 Å². The molecule has 2 aromatic carbocycles. The fourth-order valence-electron chi connectivity index (χ4n) is 2.91. The Morgan fingerprint density at radius 2 is 2.08 bits per heavy atom. The highest BCUT2D eigenvalue weighted by Gasteiger charge is 2.34. The first-order valence-electron chi connectivity index (χ1n) is 8.67. The summed E-state index contributed by atoms with van der Waals surface area (Å²) in [6, 6.07) is 13.6. The molecule has 0 radical (unpaired) electrons. The van der Waals surface area contributed by atoms with E-state index in [4.69, 9.17) is 0 Å². The van der Waals surface area contributed by atoms with Crippen molar-refractivity contribution in [1.29, 1.82) is 0 Å². The molecule has 3 rings (SSSR count). The standard InChI is InChI=1S/C20H21FN2O2S/c1-2-3-10-18(24)22-16-8-4-6-14(11-16)20-23(19(25)13-26-20)17-9-5-7-15(21)12-17/h4-9,11-12,20H,2-3,10,13H2,1H3,(H,22,24)/t20-/m0/s1. The molecule has 136 valence electrons. The summed E-state index contributed by atoms with van der Waals surface area (Å²) in [6.07, 6.45) is 2.32. The number of hydrogen-bond donors (Lipinski definition) is 1. The minimum Gasteiger partial charge on any atom is -0.326 e. The topological polar surface area (TPSA) is 49.4 Å². The zero-order valence-electron chi connectivity index (χ0n) is 14.6. The van der Waals surface area contributed by atoms with E-state index in [9.17, 15) is 14.0 Å². The number of anilines is 2. The molecule has 1 heterocycles. The highest BCUT2D eigenvalue weighted by Crippen LogP contribution is 2.42. The minimum absolute atomic E-state index is 0.0128. The van der Waals surface area contributed by atoms with E-state index in [1.165, 1.54) is 23.9 Å². The van der Waals surface area contributed by atoms with Crippen LogP contribution >= 0.6 is 11.8 Å². The predicted octanol–water partition coefficient (Wildman–Crippen LogP) is 4.73. The van der Waals surface area contributed by atoms with E-state index in [2.05, 4.69) is 5.32 Å². The molecule has 6 heteroatoms. The number of unbranched alkanes of at least 4 members (excludes halogenated alkanes) is 1. The Kier molecular flexibility index (Phi) is 5.93. The lowest BCUT2D eigenvalue weighted by Crippen LogP contribution is -2.27. The van der Waals surface area contributed by atoms with Crippen LogP contribution in [0.25, 0.3) is 0 Å². The van der Waals surface area contributed by atoms with E-state index in [1.807, 2.05) is 31.2 Å². The maximum atomic E-state index is 13.6. The van der Waals surface area contributed by atoms with Crippen molar-refractivity contribution in [3.05, 3.63) is 59.9 Å². The van der Waals surface area contributed by atoms with E-state index in [0.29, 0.717) is 23.5 Å². The van der Waals surface area contributed by atoms with Crippen molar-refractivity contribution in [1.82, 2.24) is 0 Å². The van der Waals surface area contributed by atoms with Gasteiger partial charge in [-0.1, -0.05) is 31.5 Å². The van der Waals surface area contributed by atoms with Gasteiger partial charge in [-0.05, 0) is 42.3 Å². The van der Waals surface area contributed by atoms with Crippen LogP contribution in [0.4, 0.5) is 15.8 Å². The molecule has 26 heavy (non-hydrogen) atoms. The number of amides is 2. The number of halogens is 1. The second-order valence-corrected chi connectivity index (χ2v) is 7.25. The van der Waals surface area contributed by atoms with E-state index >= 15 is 0 Å². The van der Waals surface area contributed by atoms with E-state index in [0.717, 1.165) is 18.4 Å². The normalized spacial score (nSPS) is 16.8. The van der Waals surface area contributed by atoms with Gasteiger partial charge in [0.25, 0.3) is 0 Å². The number of nitrogens with zero attached hydrogens (tertiary/aromatic N) is 1. The van der Waals surface area contributed by atoms with E-state index in [1.54, 1.807) is 17.0 Å². The van der Waals surface area contributed by atoms with Gasteiger partial charge in [-0.25, -0.2) is 4.39 Å². The molecule has 1 saturated heterocycles. The van der Waals surface area contributed by atoms with Crippen LogP contribution < -0.4 is 10.2 Å². The number of benzene rings is 2. The summed E-state index contributed by atoms with van der Waals surface area (Å²) in [5.41, 5.74) is 2.16. The second kappa shape index (κ2) is 8.36. The third kappa shape index (κ3) is 4.25. The third-order valence-electron chi connectivity index (χ3n) is 4.17. The molecule has 1 fully saturated rings. The van der Waals surface area contributed by atoms with Gasteiger partial charge >= 0.3 is 0 Å². The first kappa shape index (κ1) is 18.5. The number of carbonyl (C=O) groups excluding carboxylic acids is 2. The molecule has 1 aliphatic rings. The van der Waals surface area contributed by atoms with Crippen molar-refractivity contribution in [2.24, 2.45) is 0 Å². The fraction of sp³-hybridized carbons (Fsp3) is 0.300. The number of nitrogens with one attached hydrogen (secondary N) is 1. The van der Waals surface area contributed by atoms with Gasteiger partial charge in [-0.3, -0.25) is 14.5 Å². The second-order valence-electron chi connectivity index (χ2n) is 6.18. The number of carbonyl (C=O) groups is 2. The summed E-state index contributed by atoms with van der Waals surface area (Å²) in [5, 5.41) is 2.66. The molecule has 0 aliphatic carbocycles. The lowest BCUT2D eigenvalue weighted by molar-refractivity contribution is -0.117. The zero-order valence-corrected chi connectivity index (χ0v) is 15.4. The van der Waals surface area contributed by atoms with Crippen molar-refractivity contribution in [2.75, 3.05) is 16.0 Å². The Morgan fingerprint density at radius 3 is 2.85 bits per heavy atom. The Bertz CT molecular complexity index is 812. The highest BCUT2D eigenvalue weighted by atomic mass is 32.2. The molecule has 1 N–H and O–H groups in total. The molecule has 2 aromatic rings. The van der Waals surface area contributed by atoms with Crippen LogP contribution in [0.15, 0.2) is 48.5 Å². The maximum Gasteiger partial charge on any atom is 0.238 e. The molecule has 2 amide bonds. The van der Waals surface area contributed by atoms with Crippen LogP contribution in [0.5, 0.6) is 0 Å². The largest absolute Gasteiger partial charge is 0.326 e. The average Bonchev–Trinajstić information content (AvgIpc) is 3.02. The van der Waals surface area contributed by atoms with Crippen molar-refractivity contribution < 1.29 is 14.0 Å². The molecular weight excluding hydrogens is 351 g/mol. The van der Waals surface area contributed by atoms with Crippen LogP contribution in [0.3, 0.4) is 0 Å². The number of thioether (sulfide) groups is 1. The Hall–Kier alpha value is -2.34. The van der Waals surface area contributed by atoms with Crippen LogP contribution in [0, 0.1) is 5.82 Å². The highest BCUT2D eigenvalue weighted by molar-refractivity contribution is 8.00. The van der Waals surface area contributed by atoms with Gasteiger partial charge in [0.2, 0.25) is 11.8 Å². The van der Waals surface area contributed by atoms with Gasteiger partial charge in [0.05, 0.1) is 5.75 Å². The summed E-state index contributed by atoms with van der Waals surface area (Å²) in [6.45, 7) is 2.04. The van der Waals surface area contributed by atoms with Crippen LogP contribution in [-0.2, 0) is 9.59 Å². The Morgan fingerprint density at radius 1 is 1.27 bits per heavy atom. The monoisotopic (exact) mass is 372 g/mol. The average molecular weight is 372 g/mol. The van der Waals surface area contributed by atoms with E-state index in [-0.39, 0.29) is 23.0 Å². The fourth-order valence-corrected chi connectivity index (χ4v) is 4.07. The molecular formula is C20H21FN2O2S. The molecule has 0 bridgehead atoms. The molecule has 0 saturated carbocycles. The molecule has 1 atom stereocenters. The van der Waals surface area contributed by atoms with E-state index < -0.39 is 0 Å². The van der Waals surface area contributed by atoms with Gasteiger partial charge in [-0.2, -0.15) is 0 Å². The molecule has 0 spiro atoms. The van der Waals surface area contributed by atoms with Gasteiger partial charge < -0.3 is 5.32 Å².